The predicted octanol–water partition coefficient (Wildman–Crippen LogP) is 3.34. The maximum atomic E-state index is 4.13. The van der Waals surface area contributed by atoms with E-state index >= 15 is 0 Å². The molecule has 0 aliphatic heterocycles. The molecule has 2 rings (SSSR count). The minimum atomic E-state index is 0.781. The highest BCUT2D eigenvalue weighted by molar-refractivity contribution is 9.10. The second kappa shape index (κ2) is 4.11. The number of rotatable bonds is 2. The highest BCUT2D eigenvalue weighted by atomic mass is 79.9. The lowest BCUT2D eigenvalue weighted by Gasteiger charge is -2.04. The van der Waals surface area contributed by atoms with Crippen LogP contribution in [0.15, 0.2) is 40.9 Å². The Balaban J connectivity index is 2.60. The van der Waals surface area contributed by atoms with Crippen LogP contribution in [0.4, 0.5) is 0 Å². The van der Waals surface area contributed by atoms with Crippen molar-refractivity contribution in [3.63, 3.8) is 0 Å². The Hall–Kier alpha value is -0.860. The monoisotopic (exact) mass is 248 g/mol. The molecule has 0 spiro atoms. The minimum Gasteiger partial charge on any atom is -0.240 e. The van der Waals surface area contributed by atoms with E-state index in [1.165, 1.54) is 16.3 Å². The maximum absolute atomic E-state index is 4.13. The molecular formula is C12H11BrN. The molecule has 0 saturated heterocycles. The molecule has 0 aliphatic rings. The maximum Gasteiger partial charge on any atom is 0.0381 e. The van der Waals surface area contributed by atoms with Crippen LogP contribution in [0.3, 0.4) is 0 Å². The molecule has 1 radical (unpaired) electrons. The summed E-state index contributed by atoms with van der Waals surface area (Å²) in [5, 5.41) is 6.65. The highest BCUT2D eigenvalue weighted by Crippen LogP contribution is 2.25. The Labute approximate surface area is 92.3 Å². The summed E-state index contributed by atoms with van der Waals surface area (Å²) < 4.78 is 1.15. The molecule has 0 aromatic heterocycles. The molecule has 71 valence electrons. The van der Waals surface area contributed by atoms with Crippen LogP contribution in [-0.4, -0.2) is 7.05 Å². The fourth-order valence-corrected chi connectivity index (χ4v) is 2.25. The number of hydrogen-bond donors (Lipinski definition) is 0. The van der Waals surface area contributed by atoms with E-state index in [0.717, 1.165) is 11.0 Å². The summed E-state index contributed by atoms with van der Waals surface area (Å²) in [5.41, 5.74) is 1.25. The van der Waals surface area contributed by atoms with Gasteiger partial charge in [-0.25, -0.2) is 5.32 Å². The number of halogens is 1. The Bertz CT molecular complexity index is 451. The predicted molar refractivity (Wildman–Crippen MR) is 63.4 cm³/mol. The minimum absolute atomic E-state index is 0.781. The molecule has 2 aromatic rings. The lowest BCUT2D eigenvalue weighted by atomic mass is 10.1. The van der Waals surface area contributed by atoms with Gasteiger partial charge in [0.15, 0.2) is 0 Å². The number of hydrogen-bond acceptors (Lipinski definition) is 0. The second-order valence-corrected chi connectivity index (χ2v) is 4.13. The van der Waals surface area contributed by atoms with Gasteiger partial charge in [0, 0.05) is 18.1 Å². The SMILES string of the molecule is C[N]Cc1cc(Br)c2ccccc2c1. The van der Waals surface area contributed by atoms with E-state index in [4.69, 9.17) is 0 Å². The first-order chi connectivity index (χ1) is 6.81. The van der Waals surface area contributed by atoms with Crippen LogP contribution in [-0.2, 0) is 6.54 Å². The standard InChI is InChI=1S/C12H11BrN/c1-14-8-9-6-10-4-2-3-5-11(10)12(13)7-9/h2-7H,8H2,1H3. The van der Waals surface area contributed by atoms with E-state index in [2.05, 4.69) is 57.6 Å². The summed E-state index contributed by atoms with van der Waals surface area (Å²) in [7, 11) is 1.84. The molecule has 0 heterocycles. The van der Waals surface area contributed by atoms with E-state index in [1.807, 2.05) is 7.05 Å². The quantitative estimate of drug-likeness (QED) is 0.775. The zero-order chi connectivity index (χ0) is 9.97. The highest BCUT2D eigenvalue weighted by Gasteiger charge is 2.00. The van der Waals surface area contributed by atoms with Crippen LogP contribution >= 0.6 is 15.9 Å². The van der Waals surface area contributed by atoms with Gasteiger partial charge in [-0.05, 0) is 28.5 Å². The molecule has 0 fully saturated rings. The van der Waals surface area contributed by atoms with Crippen molar-refractivity contribution in [1.29, 1.82) is 0 Å². The fraction of sp³-hybridized carbons (Fsp3) is 0.167. The van der Waals surface area contributed by atoms with E-state index in [0.29, 0.717) is 0 Å². The Morgan fingerprint density at radius 2 is 2.00 bits per heavy atom. The summed E-state index contributed by atoms with van der Waals surface area (Å²) >= 11 is 3.58. The van der Waals surface area contributed by atoms with Crippen LogP contribution in [0.25, 0.3) is 10.8 Å². The zero-order valence-electron chi connectivity index (χ0n) is 8.00. The molecule has 0 bridgehead atoms. The lowest BCUT2D eigenvalue weighted by molar-refractivity contribution is 0.800. The molecule has 1 nitrogen and oxygen atoms in total. The van der Waals surface area contributed by atoms with Gasteiger partial charge in [-0.3, -0.25) is 0 Å². The summed E-state index contributed by atoms with van der Waals surface area (Å²) in [4.78, 5) is 0. The van der Waals surface area contributed by atoms with Gasteiger partial charge in [0.05, 0.1) is 0 Å². The number of nitrogens with zero attached hydrogens (tertiary/aromatic N) is 1. The van der Waals surface area contributed by atoms with E-state index in [1.54, 1.807) is 0 Å². The van der Waals surface area contributed by atoms with Crippen molar-refractivity contribution >= 4 is 26.7 Å². The van der Waals surface area contributed by atoms with Crippen molar-refractivity contribution in [2.75, 3.05) is 7.05 Å². The Morgan fingerprint density at radius 3 is 2.79 bits per heavy atom. The third-order valence-corrected chi connectivity index (χ3v) is 2.87. The van der Waals surface area contributed by atoms with Crippen LogP contribution in [0.5, 0.6) is 0 Å². The molecule has 0 N–H and O–H groups in total. The van der Waals surface area contributed by atoms with Crippen molar-refractivity contribution in [2.45, 2.75) is 6.54 Å². The molecule has 2 heteroatoms. The van der Waals surface area contributed by atoms with Crippen molar-refractivity contribution in [1.82, 2.24) is 5.32 Å². The zero-order valence-corrected chi connectivity index (χ0v) is 9.58. The van der Waals surface area contributed by atoms with Crippen LogP contribution in [0, 0.1) is 0 Å². The first-order valence-electron chi connectivity index (χ1n) is 4.54. The van der Waals surface area contributed by atoms with Gasteiger partial charge in [0.1, 0.15) is 0 Å². The molecule has 0 atom stereocenters. The normalized spacial score (nSPS) is 10.7. The molecular weight excluding hydrogens is 238 g/mol. The van der Waals surface area contributed by atoms with Crippen LogP contribution in [0.1, 0.15) is 5.56 Å². The van der Waals surface area contributed by atoms with Gasteiger partial charge in [-0.15, -0.1) is 0 Å². The smallest absolute Gasteiger partial charge is 0.0381 e. The third kappa shape index (κ3) is 1.81. The van der Waals surface area contributed by atoms with E-state index in [9.17, 15) is 0 Å². The van der Waals surface area contributed by atoms with Gasteiger partial charge >= 0.3 is 0 Å². The van der Waals surface area contributed by atoms with Gasteiger partial charge in [0.25, 0.3) is 0 Å². The molecule has 0 unspecified atom stereocenters. The topological polar surface area (TPSA) is 14.1 Å². The van der Waals surface area contributed by atoms with Gasteiger partial charge in [-0.1, -0.05) is 40.2 Å². The van der Waals surface area contributed by atoms with Crippen LogP contribution < -0.4 is 5.32 Å². The van der Waals surface area contributed by atoms with Gasteiger partial charge in [0.2, 0.25) is 0 Å². The average Bonchev–Trinajstić information content (AvgIpc) is 2.18. The first-order valence-corrected chi connectivity index (χ1v) is 5.33. The summed E-state index contributed by atoms with van der Waals surface area (Å²) in [5.74, 6) is 0. The average molecular weight is 249 g/mol. The van der Waals surface area contributed by atoms with Gasteiger partial charge < -0.3 is 0 Å². The second-order valence-electron chi connectivity index (χ2n) is 3.27. The number of benzene rings is 2. The molecule has 0 amide bonds. The molecule has 14 heavy (non-hydrogen) atoms. The molecule has 0 saturated carbocycles. The summed E-state index contributed by atoms with van der Waals surface area (Å²) in [6, 6.07) is 12.7. The molecule has 2 aromatic carbocycles. The van der Waals surface area contributed by atoms with Crippen molar-refractivity contribution in [3.8, 4) is 0 Å². The largest absolute Gasteiger partial charge is 0.240 e. The third-order valence-electron chi connectivity index (χ3n) is 2.21. The van der Waals surface area contributed by atoms with Crippen LogP contribution in [0.2, 0.25) is 0 Å². The summed E-state index contributed by atoms with van der Waals surface area (Å²) in [6.07, 6.45) is 0. The lowest BCUT2D eigenvalue weighted by Crippen LogP contribution is -1.96. The van der Waals surface area contributed by atoms with Crippen molar-refractivity contribution < 1.29 is 0 Å². The fourth-order valence-electron chi connectivity index (χ4n) is 1.60. The Morgan fingerprint density at radius 1 is 1.21 bits per heavy atom. The van der Waals surface area contributed by atoms with Crippen molar-refractivity contribution in [3.05, 3.63) is 46.4 Å². The number of fused-ring (bicyclic) bond motifs is 1. The van der Waals surface area contributed by atoms with E-state index < -0.39 is 0 Å². The van der Waals surface area contributed by atoms with Crippen molar-refractivity contribution in [2.24, 2.45) is 0 Å². The molecule has 0 aliphatic carbocycles. The van der Waals surface area contributed by atoms with E-state index in [-0.39, 0.29) is 0 Å². The van der Waals surface area contributed by atoms with Gasteiger partial charge in [-0.2, -0.15) is 0 Å². The first kappa shape index (κ1) is 9.69. The summed E-state index contributed by atoms with van der Waals surface area (Å²) in [6.45, 7) is 0.781. The Kier molecular flexibility index (Phi) is 2.85.